The van der Waals surface area contributed by atoms with Gasteiger partial charge in [-0.3, -0.25) is 0 Å². The number of aromatic nitrogens is 1. The van der Waals surface area contributed by atoms with Gasteiger partial charge in [-0.1, -0.05) is 13.0 Å². The predicted octanol–water partition coefficient (Wildman–Crippen LogP) is 1.53. The average molecular weight is 248 g/mol. The van der Waals surface area contributed by atoms with E-state index in [0.717, 1.165) is 17.4 Å². The summed E-state index contributed by atoms with van der Waals surface area (Å²) >= 11 is 0. The highest BCUT2D eigenvalue weighted by Crippen LogP contribution is 2.36. The molecule has 0 bridgehead atoms. The molecule has 1 saturated heterocycles. The van der Waals surface area contributed by atoms with Crippen LogP contribution in [0.25, 0.3) is 0 Å². The van der Waals surface area contributed by atoms with Crippen LogP contribution in [0.1, 0.15) is 40.2 Å². The Morgan fingerprint density at radius 1 is 1.22 bits per heavy atom. The van der Waals surface area contributed by atoms with Crippen LogP contribution < -0.4 is 11.2 Å². The maximum atomic E-state index is 5.99. The first-order valence-corrected chi connectivity index (χ1v) is 6.37. The fraction of sp³-hybridized carbons (Fsp3) is 0.615. The molecule has 2 heterocycles. The zero-order valence-electron chi connectivity index (χ0n) is 11.8. The summed E-state index contributed by atoms with van der Waals surface area (Å²) in [4.78, 5) is 4.21. The lowest BCUT2D eigenvalue weighted by atomic mass is 9.79. The Morgan fingerprint density at radius 2 is 1.78 bits per heavy atom. The second-order valence-corrected chi connectivity index (χ2v) is 5.75. The zero-order chi connectivity index (χ0) is 13.6. The Bertz CT molecular complexity index is 444. The monoisotopic (exact) mass is 248 g/mol. The Balaban J connectivity index is 2.30. The predicted molar refractivity (Wildman–Crippen MR) is 73.7 cm³/mol. The van der Waals surface area contributed by atoms with E-state index in [1.807, 2.05) is 33.8 Å². The van der Waals surface area contributed by atoms with E-state index in [1.54, 1.807) is 6.20 Å². The summed E-state index contributed by atoms with van der Waals surface area (Å²) in [6.07, 6.45) is 2.59. The van der Waals surface area contributed by atoms with Crippen LogP contribution in [0.15, 0.2) is 12.3 Å². The summed E-state index contributed by atoms with van der Waals surface area (Å²) in [6, 6.07) is 2.02. The van der Waals surface area contributed by atoms with Gasteiger partial charge in [0.2, 0.25) is 0 Å². The van der Waals surface area contributed by atoms with Crippen molar-refractivity contribution in [1.29, 1.82) is 0 Å². The van der Waals surface area contributed by atoms with E-state index in [0.29, 0.717) is 5.82 Å². The lowest BCUT2D eigenvalue weighted by Crippen LogP contribution is -2.41. The van der Waals surface area contributed by atoms with E-state index >= 15 is 0 Å². The molecule has 1 aliphatic rings. The van der Waals surface area contributed by atoms with Gasteiger partial charge in [0, 0.05) is 11.7 Å². The van der Waals surface area contributed by atoms with E-state index in [2.05, 4.69) is 11.9 Å². The molecular formula is C13H21BN2O2. The van der Waals surface area contributed by atoms with Crippen LogP contribution in [0.4, 0.5) is 5.82 Å². The molecule has 0 radical (unpaired) electrons. The minimum absolute atomic E-state index is 0.328. The first kappa shape index (κ1) is 13.4. The van der Waals surface area contributed by atoms with Gasteiger partial charge in [-0.25, -0.2) is 4.98 Å². The number of nitrogen functional groups attached to an aromatic ring is 1. The van der Waals surface area contributed by atoms with E-state index in [9.17, 15) is 0 Å². The maximum absolute atomic E-state index is 5.99. The molecule has 1 fully saturated rings. The molecule has 4 nitrogen and oxygen atoms in total. The molecule has 18 heavy (non-hydrogen) atoms. The molecule has 5 heteroatoms. The second-order valence-electron chi connectivity index (χ2n) is 5.75. The highest BCUT2D eigenvalue weighted by Gasteiger charge is 2.51. The van der Waals surface area contributed by atoms with Gasteiger partial charge in [0.1, 0.15) is 5.82 Å². The number of hydrogen-bond acceptors (Lipinski definition) is 4. The Labute approximate surface area is 109 Å². The van der Waals surface area contributed by atoms with Crippen molar-refractivity contribution in [2.24, 2.45) is 0 Å². The molecule has 1 aliphatic heterocycles. The highest BCUT2D eigenvalue weighted by atomic mass is 16.7. The van der Waals surface area contributed by atoms with Gasteiger partial charge in [-0.05, 0) is 39.7 Å². The summed E-state index contributed by atoms with van der Waals surface area (Å²) in [5.74, 6) is 0.581. The van der Waals surface area contributed by atoms with Crippen molar-refractivity contribution in [1.82, 2.24) is 4.98 Å². The van der Waals surface area contributed by atoms with Crippen molar-refractivity contribution in [2.45, 2.75) is 52.2 Å². The number of aryl methyl sites for hydroxylation is 1. The Morgan fingerprint density at radius 3 is 2.28 bits per heavy atom. The van der Waals surface area contributed by atoms with Crippen LogP contribution in [-0.2, 0) is 15.7 Å². The third-order valence-electron chi connectivity index (χ3n) is 3.93. The summed E-state index contributed by atoms with van der Waals surface area (Å²) in [6.45, 7) is 10.2. The molecule has 0 amide bonds. The first-order valence-electron chi connectivity index (χ1n) is 6.37. The van der Waals surface area contributed by atoms with Crippen LogP contribution in [0.5, 0.6) is 0 Å². The molecule has 0 aliphatic carbocycles. The van der Waals surface area contributed by atoms with Crippen molar-refractivity contribution in [3.05, 3.63) is 17.8 Å². The quantitative estimate of drug-likeness (QED) is 0.806. The number of hydrogen-bond donors (Lipinski definition) is 1. The van der Waals surface area contributed by atoms with Gasteiger partial charge in [0.15, 0.2) is 0 Å². The molecular weight excluding hydrogens is 227 g/mol. The molecule has 1 aromatic heterocycles. The fourth-order valence-corrected chi connectivity index (χ4v) is 1.93. The van der Waals surface area contributed by atoms with Crippen molar-refractivity contribution < 1.29 is 9.31 Å². The van der Waals surface area contributed by atoms with Gasteiger partial charge >= 0.3 is 7.12 Å². The third-order valence-corrected chi connectivity index (χ3v) is 3.93. The van der Waals surface area contributed by atoms with E-state index in [-0.39, 0.29) is 18.3 Å². The smallest absolute Gasteiger partial charge is 0.399 e. The third kappa shape index (κ3) is 2.13. The Kier molecular flexibility index (Phi) is 3.15. The molecule has 0 atom stereocenters. The topological polar surface area (TPSA) is 57.4 Å². The number of anilines is 1. The Hall–Kier alpha value is -1.07. The van der Waals surface area contributed by atoms with Gasteiger partial charge in [0.05, 0.1) is 11.2 Å². The lowest BCUT2D eigenvalue weighted by molar-refractivity contribution is 0.00578. The molecule has 1 aromatic rings. The summed E-state index contributed by atoms with van der Waals surface area (Å²) < 4.78 is 12.0. The molecule has 0 spiro atoms. The van der Waals surface area contributed by atoms with Crippen LogP contribution in [0.3, 0.4) is 0 Å². The van der Waals surface area contributed by atoms with Gasteiger partial charge in [-0.2, -0.15) is 0 Å². The molecule has 0 saturated carbocycles. The molecule has 0 unspecified atom stereocenters. The average Bonchev–Trinajstić information content (AvgIpc) is 2.49. The van der Waals surface area contributed by atoms with Crippen LogP contribution in [-0.4, -0.2) is 23.3 Å². The molecule has 2 rings (SSSR count). The number of nitrogens with two attached hydrogens (primary N) is 1. The van der Waals surface area contributed by atoms with Crippen molar-refractivity contribution in [2.75, 3.05) is 5.73 Å². The second kappa shape index (κ2) is 4.25. The fourth-order valence-electron chi connectivity index (χ4n) is 1.93. The van der Waals surface area contributed by atoms with Crippen molar-refractivity contribution >= 4 is 18.4 Å². The van der Waals surface area contributed by atoms with Gasteiger partial charge in [-0.15, -0.1) is 0 Å². The summed E-state index contributed by atoms with van der Waals surface area (Å²) in [5, 5.41) is 0. The molecule has 98 valence electrons. The SMILES string of the molecule is CCc1cc(B2OC(C)(C)C(C)(C)O2)cnc1N. The van der Waals surface area contributed by atoms with E-state index < -0.39 is 0 Å². The summed E-state index contributed by atoms with van der Waals surface area (Å²) in [5.41, 5.74) is 7.12. The van der Waals surface area contributed by atoms with Crippen LogP contribution >= 0.6 is 0 Å². The maximum Gasteiger partial charge on any atom is 0.496 e. The van der Waals surface area contributed by atoms with Crippen molar-refractivity contribution in [3.8, 4) is 0 Å². The van der Waals surface area contributed by atoms with E-state index in [1.165, 1.54) is 0 Å². The zero-order valence-corrected chi connectivity index (χ0v) is 11.8. The minimum atomic E-state index is -0.367. The molecule has 0 aromatic carbocycles. The first-order chi connectivity index (χ1) is 8.27. The van der Waals surface area contributed by atoms with Crippen LogP contribution in [0.2, 0.25) is 0 Å². The number of rotatable bonds is 2. The standard InChI is InChI=1S/C13H21BN2O2/c1-6-9-7-10(8-16-11(9)15)14-17-12(2,3)13(4,5)18-14/h7-8H,6H2,1-5H3,(H2,15,16). The largest absolute Gasteiger partial charge is 0.496 e. The molecule has 2 N–H and O–H groups in total. The normalized spacial score (nSPS) is 21.3. The van der Waals surface area contributed by atoms with E-state index in [4.69, 9.17) is 15.0 Å². The summed E-state index contributed by atoms with van der Waals surface area (Å²) in [7, 11) is -0.367. The van der Waals surface area contributed by atoms with Crippen LogP contribution in [0, 0.1) is 0 Å². The number of pyridine rings is 1. The van der Waals surface area contributed by atoms with Gasteiger partial charge < -0.3 is 15.0 Å². The van der Waals surface area contributed by atoms with Gasteiger partial charge in [0.25, 0.3) is 0 Å². The lowest BCUT2D eigenvalue weighted by Gasteiger charge is -2.32. The minimum Gasteiger partial charge on any atom is -0.399 e. The van der Waals surface area contributed by atoms with Crippen molar-refractivity contribution in [3.63, 3.8) is 0 Å². The number of nitrogens with zero attached hydrogens (tertiary/aromatic N) is 1. The highest BCUT2D eigenvalue weighted by molar-refractivity contribution is 6.62.